The molecule has 2 rings (SSSR count). The van der Waals surface area contributed by atoms with Gasteiger partial charge in [-0.2, -0.15) is 5.10 Å². The smallest absolute Gasteiger partial charge is 0.251 e. The van der Waals surface area contributed by atoms with E-state index in [1.807, 2.05) is 38.4 Å². The van der Waals surface area contributed by atoms with E-state index in [9.17, 15) is 9.90 Å². The van der Waals surface area contributed by atoms with Crippen molar-refractivity contribution in [2.45, 2.75) is 31.8 Å². The van der Waals surface area contributed by atoms with Crippen molar-refractivity contribution in [1.82, 2.24) is 15.1 Å². The number of rotatable bonds is 8. The summed E-state index contributed by atoms with van der Waals surface area (Å²) in [5.74, 6) is -0.225. The van der Waals surface area contributed by atoms with Crippen molar-refractivity contribution in [1.29, 1.82) is 0 Å². The maximum absolute atomic E-state index is 12.4. The molecule has 1 aromatic heterocycles. The number of benzene rings is 1. The molecular weight excluding hydrogens is 306 g/mol. The lowest BCUT2D eigenvalue weighted by atomic mass is 9.94. The molecule has 3 N–H and O–H groups in total. The SMILES string of the molecule is CC[C@@](O)(CCCO)CNC(=O)c1cccc(-c2cnn(C)c2)c1. The molecule has 0 aliphatic heterocycles. The Morgan fingerprint density at radius 1 is 1.38 bits per heavy atom. The first kappa shape index (κ1) is 18.2. The summed E-state index contributed by atoms with van der Waals surface area (Å²) in [6.07, 6.45) is 5.12. The highest BCUT2D eigenvalue weighted by Gasteiger charge is 2.25. The van der Waals surface area contributed by atoms with E-state index in [2.05, 4.69) is 10.4 Å². The summed E-state index contributed by atoms with van der Waals surface area (Å²) < 4.78 is 1.71. The molecule has 0 aliphatic carbocycles. The van der Waals surface area contributed by atoms with Crippen LogP contribution in [0.3, 0.4) is 0 Å². The minimum absolute atomic E-state index is 0.0312. The second-order valence-corrected chi connectivity index (χ2v) is 6.07. The molecule has 1 amide bonds. The first-order chi connectivity index (χ1) is 11.5. The van der Waals surface area contributed by atoms with E-state index in [0.29, 0.717) is 24.8 Å². The third-order valence-corrected chi connectivity index (χ3v) is 4.20. The number of aryl methyl sites for hydroxylation is 1. The first-order valence-electron chi connectivity index (χ1n) is 8.18. The zero-order chi connectivity index (χ0) is 17.6. The van der Waals surface area contributed by atoms with E-state index in [0.717, 1.165) is 11.1 Å². The summed E-state index contributed by atoms with van der Waals surface area (Å²) in [5, 5.41) is 26.3. The number of aliphatic hydroxyl groups is 2. The summed E-state index contributed by atoms with van der Waals surface area (Å²) in [6.45, 7) is 2.06. The number of amides is 1. The number of carbonyl (C=O) groups is 1. The Labute approximate surface area is 142 Å². The number of hydrogen-bond acceptors (Lipinski definition) is 4. The highest BCUT2D eigenvalue weighted by molar-refractivity contribution is 5.95. The van der Waals surface area contributed by atoms with Gasteiger partial charge in [0.2, 0.25) is 0 Å². The van der Waals surface area contributed by atoms with Crippen LogP contribution in [-0.2, 0) is 7.05 Å². The Bertz CT molecular complexity index is 684. The molecule has 0 fully saturated rings. The highest BCUT2D eigenvalue weighted by atomic mass is 16.3. The maximum atomic E-state index is 12.4. The van der Waals surface area contributed by atoms with Gasteiger partial charge >= 0.3 is 0 Å². The minimum atomic E-state index is -0.987. The fraction of sp³-hybridized carbons (Fsp3) is 0.444. The van der Waals surface area contributed by atoms with Gasteiger partial charge in [-0.1, -0.05) is 19.1 Å². The molecule has 1 aromatic carbocycles. The summed E-state index contributed by atoms with van der Waals surface area (Å²) in [4.78, 5) is 12.4. The topological polar surface area (TPSA) is 87.4 Å². The lowest BCUT2D eigenvalue weighted by Crippen LogP contribution is -2.42. The quantitative estimate of drug-likeness (QED) is 0.687. The van der Waals surface area contributed by atoms with Crippen molar-refractivity contribution < 1.29 is 15.0 Å². The molecule has 24 heavy (non-hydrogen) atoms. The van der Waals surface area contributed by atoms with Gasteiger partial charge in [0, 0.05) is 37.5 Å². The number of carbonyl (C=O) groups excluding carboxylic acids is 1. The normalized spacial score (nSPS) is 13.5. The van der Waals surface area contributed by atoms with Gasteiger partial charge in [0.05, 0.1) is 11.8 Å². The predicted octanol–water partition coefficient (Wildman–Crippen LogP) is 1.73. The molecule has 0 spiro atoms. The molecule has 2 aromatic rings. The second-order valence-electron chi connectivity index (χ2n) is 6.07. The summed E-state index contributed by atoms with van der Waals surface area (Å²) in [6, 6.07) is 7.31. The fourth-order valence-corrected chi connectivity index (χ4v) is 2.56. The lowest BCUT2D eigenvalue weighted by Gasteiger charge is -2.26. The van der Waals surface area contributed by atoms with Gasteiger partial charge in [0.1, 0.15) is 0 Å². The lowest BCUT2D eigenvalue weighted by molar-refractivity contribution is 0.0212. The van der Waals surface area contributed by atoms with E-state index in [-0.39, 0.29) is 19.1 Å². The van der Waals surface area contributed by atoms with Gasteiger partial charge < -0.3 is 15.5 Å². The van der Waals surface area contributed by atoms with Crippen LogP contribution in [0.1, 0.15) is 36.5 Å². The molecule has 0 bridgehead atoms. The van der Waals surface area contributed by atoms with Crippen LogP contribution < -0.4 is 5.32 Å². The van der Waals surface area contributed by atoms with Gasteiger partial charge in [-0.3, -0.25) is 9.48 Å². The minimum Gasteiger partial charge on any atom is -0.396 e. The monoisotopic (exact) mass is 331 g/mol. The second kappa shape index (κ2) is 8.08. The van der Waals surface area contributed by atoms with Crippen LogP contribution in [0.2, 0.25) is 0 Å². The number of nitrogens with zero attached hydrogens (tertiary/aromatic N) is 2. The number of hydrogen-bond donors (Lipinski definition) is 3. The number of aliphatic hydroxyl groups excluding tert-OH is 1. The highest BCUT2D eigenvalue weighted by Crippen LogP contribution is 2.20. The predicted molar refractivity (Wildman–Crippen MR) is 92.5 cm³/mol. The zero-order valence-electron chi connectivity index (χ0n) is 14.2. The average molecular weight is 331 g/mol. The van der Waals surface area contributed by atoms with E-state index < -0.39 is 5.60 Å². The molecule has 0 saturated heterocycles. The number of nitrogens with one attached hydrogen (secondary N) is 1. The van der Waals surface area contributed by atoms with Crippen LogP contribution in [-0.4, -0.2) is 44.7 Å². The molecule has 6 heteroatoms. The Morgan fingerprint density at radius 2 is 2.17 bits per heavy atom. The molecule has 1 heterocycles. The third-order valence-electron chi connectivity index (χ3n) is 4.20. The van der Waals surface area contributed by atoms with Crippen LogP contribution in [0.15, 0.2) is 36.7 Å². The molecule has 6 nitrogen and oxygen atoms in total. The van der Waals surface area contributed by atoms with E-state index in [1.165, 1.54) is 0 Å². The van der Waals surface area contributed by atoms with Crippen LogP contribution in [0.4, 0.5) is 0 Å². The standard InChI is InChI=1S/C18H25N3O3/c1-3-18(24,8-5-9-22)13-19-17(23)15-7-4-6-14(10-15)16-11-20-21(2)12-16/h4,6-7,10-12,22,24H,3,5,8-9,13H2,1-2H3,(H,19,23)/t18-/m1/s1. The van der Waals surface area contributed by atoms with Crippen LogP contribution >= 0.6 is 0 Å². The summed E-state index contributed by atoms with van der Waals surface area (Å²) in [5.41, 5.74) is 1.42. The zero-order valence-corrected chi connectivity index (χ0v) is 14.2. The van der Waals surface area contributed by atoms with Crippen molar-refractivity contribution in [3.05, 3.63) is 42.2 Å². The van der Waals surface area contributed by atoms with Crippen molar-refractivity contribution in [2.75, 3.05) is 13.2 Å². The van der Waals surface area contributed by atoms with Gasteiger partial charge in [-0.25, -0.2) is 0 Å². The summed E-state index contributed by atoms with van der Waals surface area (Å²) in [7, 11) is 1.85. The molecule has 0 unspecified atom stereocenters. The van der Waals surface area contributed by atoms with Gasteiger partial charge in [-0.05, 0) is 37.0 Å². The largest absolute Gasteiger partial charge is 0.396 e. The molecule has 0 radical (unpaired) electrons. The average Bonchev–Trinajstić information content (AvgIpc) is 3.04. The Kier molecular flexibility index (Phi) is 6.11. The molecule has 0 aliphatic rings. The molecule has 130 valence electrons. The maximum Gasteiger partial charge on any atom is 0.251 e. The molecule has 0 saturated carbocycles. The van der Waals surface area contributed by atoms with E-state index in [4.69, 9.17) is 5.11 Å². The van der Waals surface area contributed by atoms with Gasteiger partial charge in [-0.15, -0.1) is 0 Å². The van der Waals surface area contributed by atoms with Crippen LogP contribution in [0.5, 0.6) is 0 Å². The summed E-state index contributed by atoms with van der Waals surface area (Å²) >= 11 is 0. The Balaban J connectivity index is 2.04. The molecule has 1 atom stereocenters. The Morgan fingerprint density at radius 3 is 2.79 bits per heavy atom. The molecular formula is C18H25N3O3. The fourth-order valence-electron chi connectivity index (χ4n) is 2.56. The van der Waals surface area contributed by atoms with Gasteiger partial charge in [0.25, 0.3) is 5.91 Å². The van der Waals surface area contributed by atoms with E-state index in [1.54, 1.807) is 16.9 Å². The van der Waals surface area contributed by atoms with Crippen LogP contribution in [0.25, 0.3) is 11.1 Å². The Hall–Kier alpha value is -2.18. The van der Waals surface area contributed by atoms with Crippen molar-refractivity contribution in [3.63, 3.8) is 0 Å². The van der Waals surface area contributed by atoms with Crippen molar-refractivity contribution in [2.24, 2.45) is 7.05 Å². The van der Waals surface area contributed by atoms with E-state index >= 15 is 0 Å². The van der Waals surface area contributed by atoms with Gasteiger partial charge in [0.15, 0.2) is 0 Å². The first-order valence-corrected chi connectivity index (χ1v) is 8.18. The van der Waals surface area contributed by atoms with Crippen molar-refractivity contribution >= 4 is 5.91 Å². The number of aromatic nitrogens is 2. The van der Waals surface area contributed by atoms with Crippen LogP contribution in [0, 0.1) is 0 Å². The van der Waals surface area contributed by atoms with Crippen molar-refractivity contribution in [3.8, 4) is 11.1 Å². The third kappa shape index (κ3) is 4.66.